The number of hydrogen-bond donors (Lipinski definition) is 5. The number of rotatable bonds is 15. The Hall–Kier alpha value is -1.29. The molecule has 9 heteroatoms. The van der Waals surface area contributed by atoms with Gasteiger partial charge in [0.15, 0.2) is 5.70 Å². The molecule has 0 spiro atoms. The molecular weight excluding hydrogens is 318 g/mol. The minimum Gasteiger partial charge on any atom is -0.386 e. The first kappa shape index (κ1) is 21.7. The van der Waals surface area contributed by atoms with Crippen molar-refractivity contribution in [2.45, 2.75) is 26.2 Å². The molecule has 0 rings (SSSR count). The van der Waals surface area contributed by atoms with Crippen LogP contribution in [0.25, 0.3) is 0 Å². The Morgan fingerprint density at radius 3 is 2.74 bits per heavy atom. The van der Waals surface area contributed by atoms with Gasteiger partial charge in [0.25, 0.3) is 0 Å². The zero-order valence-corrected chi connectivity index (χ0v) is 14.6. The van der Waals surface area contributed by atoms with E-state index in [1.165, 1.54) is 5.43 Å². The quantitative estimate of drug-likeness (QED) is 0.137. The summed E-state index contributed by atoms with van der Waals surface area (Å²) < 4.78 is 5.43. The number of thioether (sulfide) groups is 1. The topological polar surface area (TPSA) is 136 Å². The fourth-order valence-electron chi connectivity index (χ4n) is 1.47. The van der Waals surface area contributed by atoms with Gasteiger partial charge in [-0.2, -0.15) is 17.6 Å². The number of carbonyl (C=O) groups is 2. The molecule has 0 radical (unpaired) electrons. The van der Waals surface area contributed by atoms with Crippen molar-refractivity contribution in [2.75, 3.05) is 37.8 Å². The van der Waals surface area contributed by atoms with Crippen LogP contribution in [0.3, 0.4) is 0 Å². The first-order valence-electron chi connectivity index (χ1n) is 7.78. The predicted molar refractivity (Wildman–Crippen MR) is 92.1 cm³/mol. The highest BCUT2D eigenvalue weighted by Crippen LogP contribution is 2.03. The van der Waals surface area contributed by atoms with E-state index in [4.69, 9.17) is 16.3 Å². The molecular formula is C14H30N5O3S+. The molecule has 8 N–H and O–H groups in total. The van der Waals surface area contributed by atoms with E-state index in [2.05, 4.69) is 10.6 Å². The van der Waals surface area contributed by atoms with Crippen molar-refractivity contribution < 1.29 is 19.8 Å². The normalized spacial score (nSPS) is 11.3. The van der Waals surface area contributed by atoms with Crippen LogP contribution in [0, 0.1) is 0 Å². The minimum absolute atomic E-state index is 0.0186. The SMILES string of the molecule is CCC(=O)NCCOCC(=CNCCCSCCC(N)=O)[NH2+]N. The molecule has 134 valence electrons. The molecule has 0 heterocycles. The van der Waals surface area contributed by atoms with Crippen LogP contribution in [-0.4, -0.2) is 49.6 Å². The number of ether oxygens (including phenoxy) is 1. The fraction of sp³-hybridized carbons (Fsp3) is 0.714. The molecule has 0 atom stereocenters. The summed E-state index contributed by atoms with van der Waals surface area (Å²) in [6.45, 7) is 3.99. The van der Waals surface area contributed by atoms with Gasteiger partial charge in [0.05, 0.1) is 12.8 Å². The van der Waals surface area contributed by atoms with Gasteiger partial charge in [-0.05, 0) is 12.2 Å². The predicted octanol–water partition coefficient (Wildman–Crippen LogP) is -1.60. The first-order chi connectivity index (χ1) is 11.1. The Kier molecular flexibility index (Phi) is 14.7. The lowest BCUT2D eigenvalue weighted by Crippen LogP contribution is -2.90. The molecule has 0 aliphatic rings. The minimum atomic E-state index is -0.254. The average Bonchev–Trinajstić information content (AvgIpc) is 2.54. The van der Waals surface area contributed by atoms with Crippen LogP contribution in [0.1, 0.15) is 26.2 Å². The summed E-state index contributed by atoms with van der Waals surface area (Å²) in [7, 11) is 0. The Labute approximate surface area is 142 Å². The van der Waals surface area contributed by atoms with Gasteiger partial charge >= 0.3 is 0 Å². The highest BCUT2D eigenvalue weighted by Gasteiger charge is 2.01. The number of quaternary nitrogens is 1. The van der Waals surface area contributed by atoms with Crippen molar-refractivity contribution in [3.63, 3.8) is 0 Å². The zero-order chi connectivity index (χ0) is 17.3. The molecule has 0 aliphatic heterocycles. The molecule has 0 unspecified atom stereocenters. The van der Waals surface area contributed by atoms with E-state index in [0.717, 1.165) is 30.2 Å². The van der Waals surface area contributed by atoms with Gasteiger partial charge in [-0.1, -0.05) is 6.92 Å². The van der Waals surface area contributed by atoms with Crippen LogP contribution in [0.2, 0.25) is 0 Å². The lowest BCUT2D eigenvalue weighted by molar-refractivity contribution is -0.622. The molecule has 2 amide bonds. The molecule has 0 fully saturated rings. The van der Waals surface area contributed by atoms with Crippen LogP contribution < -0.4 is 27.6 Å². The maximum Gasteiger partial charge on any atom is 0.219 e. The van der Waals surface area contributed by atoms with E-state index in [9.17, 15) is 9.59 Å². The maximum absolute atomic E-state index is 11.0. The Morgan fingerprint density at radius 1 is 1.30 bits per heavy atom. The fourth-order valence-corrected chi connectivity index (χ4v) is 2.37. The summed E-state index contributed by atoms with van der Waals surface area (Å²) in [6.07, 6.45) is 3.73. The number of primary amides is 1. The summed E-state index contributed by atoms with van der Waals surface area (Å²) in [6, 6.07) is 0. The lowest BCUT2D eigenvalue weighted by Gasteiger charge is -2.06. The molecule has 0 aromatic rings. The lowest BCUT2D eigenvalue weighted by atomic mass is 10.4. The molecule has 0 bridgehead atoms. The van der Waals surface area contributed by atoms with Crippen molar-refractivity contribution in [1.82, 2.24) is 10.6 Å². The van der Waals surface area contributed by atoms with Crippen LogP contribution in [0.15, 0.2) is 11.9 Å². The van der Waals surface area contributed by atoms with Crippen molar-refractivity contribution >= 4 is 23.6 Å². The summed E-state index contributed by atoms with van der Waals surface area (Å²) >= 11 is 1.72. The molecule has 23 heavy (non-hydrogen) atoms. The number of nitrogens with one attached hydrogen (secondary N) is 2. The van der Waals surface area contributed by atoms with Crippen molar-refractivity contribution in [1.29, 1.82) is 0 Å². The van der Waals surface area contributed by atoms with E-state index in [0.29, 0.717) is 32.6 Å². The third-order valence-electron chi connectivity index (χ3n) is 2.76. The molecule has 0 aliphatic carbocycles. The van der Waals surface area contributed by atoms with Gasteiger partial charge in [-0.25, -0.2) is 5.43 Å². The maximum atomic E-state index is 11.0. The van der Waals surface area contributed by atoms with E-state index in [1.807, 2.05) is 13.1 Å². The van der Waals surface area contributed by atoms with Crippen molar-refractivity contribution in [3.05, 3.63) is 11.9 Å². The summed E-state index contributed by atoms with van der Waals surface area (Å²) in [4.78, 5) is 21.6. The highest BCUT2D eigenvalue weighted by atomic mass is 32.2. The van der Waals surface area contributed by atoms with Gasteiger partial charge in [0.2, 0.25) is 11.8 Å². The summed E-state index contributed by atoms with van der Waals surface area (Å²) in [5, 5.41) is 5.91. The average molecular weight is 348 g/mol. The second kappa shape index (κ2) is 15.6. The molecule has 0 saturated carbocycles. The third-order valence-corrected chi connectivity index (χ3v) is 3.83. The smallest absolute Gasteiger partial charge is 0.219 e. The van der Waals surface area contributed by atoms with E-state index in [-0.39, 0.29) is 11.8 Å². The van der Waals surface area contributed by atoms with Crippen molar-refractivity contribution in [3.8, 4) is 0 Å². The molecule has 0 saturated heterocycles. The number of hydrogen-bond acceptors (Lipinski definition) is 6. The van der Waals surface area contributed by atoms with Crippen LogP contribution in [-0.2, 0) is 14.3 Å². The highest BCUT2D eigenvalue weighted by molar-refractivity contribution is 7.99. The Balaban J connectivity index is 3.56. The second-order valence-electron chi connectivity index (χ2n) is 4.78. The largest absolute Gasteiger partial charge is 0.386 e. The number of nitrogens with two attached hydrogens (primary N) is 3. The van der Waals surface area contributed by atoms with Crippen LogP contribution in [0.5, 0.6) is 0 Å². The van der Waals surface area contributed by atoms with Gasteiger partial charge in [-0.3, -0.25) is 9.59 Å². The van der Waals surface area contributed by atoms with Gasteiger partial charge < -0.3 is 21.1 Å². The Bertz CT molecular complexity index is 366. The first-order valence-corrected chi connectivity index (χ1v) is 8.93. The second-order valence-corrected chi connectivity index (χ2v) is 6.00. The van der Waals surface area contributed by atoms with Gasteiger partial charge in [0, 0.05) is 31.7 Å². The standard InChI is InChI=1S/C14H29N5O3S/c1-2-14(21)18-6-7-22-11-12(19-16)10-17-5-3-8-23-9-4-13(15)20/h10,17,19H,2-9,11,16H2,1H3,(H2,15,20)(H,18,21)/p+1. The zero-order valence-electron chi connectivity index (χ0n) is 13.8. The van der Waals surface area contributed by atoms with Gasteiger partial charge in [-0.15, -0.1) is 0 Å². The van der Waals surface area contributed by atoms with E-state index in [1.54, 1.807) is 11.8 Å². The molecule has 0 aromatic heterocycles. The van der Waals surface area contributed by atoms with Gasteiger partial charge in [0.1, 0.15) is 6.61 Å². The van der Waals surface area contributed by atoms with Crippen LogP contribution in [0.4, 0.5) is 0 Å². The van der Waals surface area contributed by atoms with Crippen LogP contribution >= 0.6 is 11.8 Å². The number of amides is 2. The monoisotopic (exact) mass is 348 g/mol. The summed E-state index contributed by atoms with van der Waals surface area (Å²) in [5.41, 5.74) is 7.42. The summed E-state index contributed by atoms with van der Waals surface area (Å²) in [5.74, 6) is 7.05. The number of carbonyl (C=O) groups excluding carboxylic acids is 2. The van der Waals surface area contributed by atoms with E-state index < -0.39 is 0 Å². The Morgan fingerprint density at radius 2 is 2.09 bits per heavy atom. The molecule has 8 nitrogen and oxygen atoms in total. The molecule has 0 aromatic carbocycles. The third kappa shape index (κ3) is 15.4. The van der Waals surface area contributed by atoms with Crippen molar-refractivity contribution in [2.24, 2.45) is 11.6 Å². The van der Waals surface area contributed by atoms with E-state index >= 15 is 0 Å².